The molecule has 4 saturated carbocycles. The van der Waals surface area contributed by atoms with E-state index in [0.29, 0.717) is 36.7 Å². The normalized spacial score (nSPS) is 44.9. The van der Waals surface area contributed by atoms with Gasteiger partial charge in [-0.25, -0.2) is 0 Å². The summed E-state index contributed by atoms with van der Waals surface area (Å²) in [5.74, 6) is 0.998. The van der Waals surface area contributed by atoms with Crippen LogP contribution in [0.25, 0.3) is 0 Å². The number of ketones is 2. The van der Waals surface area contributed by atoms with Gasteiger partial charge in [0.1, 0.15) is 11.6 Å². The third-order valence-corrected chi connectivity index (χ3v) is 9.81. The van der Waals surface area contributed by atoms with Crippen molar-refractivity contribution < 1.29 is 49.0 Å². The number of carbonyl (C=O) groups excluding carboxylic acids is 3. The molecule has 4 nitrogen and oxygen atoms in total. The molecule has 4 aliphatic carbocycles. The first-order valence-electron chi connectivity index (χ1n) is 11.5. The van der Waals surface area contributed by atoms with Gasteiger partial charge in [-0.3, -0.25) is 9.59 Å². The fraction of sp³-hybridized carbons (Fsp3) is 0.875. The summed E-state index contributed by atoms with van der Waals surface area (Å²) in [7, 11) is 0. The van der Waals surface area contributed by atoms with Crippen LogP contribution in [0.2, 0.25) is 0 Å². The first-order chi connectivity index (χ1) is 13.2. The van der Waals surface area contributed by atoms with Gasteiger partial charge in [-0.15, -0.1) is 0 Å². The molecule has 1 unspecified atom stereocenters. The Balaban J connectivity index is 0.00000240. The molecule has 0 bridgehead atoms. The maximum atomic E-state index is 13.6. The zero-order valence-electron chi connectivity index (χ0n) is 18.7. The van der Waals surface area contributed by atoms with Crippen LogP contribution in [0.1, 0.15) is 85.0 Å². The van der Waals surface area contributed by atoms with E-state index in [4.69, 9.17) is 0 Å². The Morgan fingerprint density at radius 3 is 2.52 bits per heavy atom. The van der Waals surface area contributed by atoms with Gasteiger partial charge in [-0.1, -0.05) is 33.6 Å². The fourth-order valence-corrected chi connectivity index (χ4v) is 8.17. The number of aliphatic carboxylic acids is 1. The van der Waals surface area contributed by atoms with E-state index in [1.54, 1.807) is 0 Å². The summed E-state index contributed by atoms with van der Waals surface area (Å²) in [5.41, 5.74) is -0.313. The second kappa shape index (κ2) is 8.39. The molecule has 8 atom stereocenters. The van der Waals surface area contributed by atoms with Crippen LogP contribution in [-0.4, -0.2) is 17.5 Å². The minimum Gasteiger partial charge on any atom is -0.550 e. The Morgan fingerprint density at radius 2 is 1.83 bits per heavy atom. The van der Waals surface area contributed by atoms with Crippen LogP contribution >= 0.6 is 0 Å². The van der Waals surface area contributed by atoms with Gasteiger partial charge < -0.3 is 9.90 Å². The van der Waals surface area contributed by atoms with E-state index in [1.807, 2.05) is 0 Å². The van der Waals surface area contributed by atoms with Crippen molar-refractivity contribution in [2.45, 2.75) is 85.0 Å². The van der Waals surface area contributed by atoms with Crippen molar-refractivity contribution in [3.05, 3.63) is 0 Å². The van der Waals surface area contributed by atoms with Crippen molar-refractivity contribution in [1.29, 1.82) is 0 Å². The molecule has 0 aromatic rings. The number of hydrogen-bond donors (Lipinski definition) is 0. The third-order valence-electron chi connectivity index (χ3n) is 9.81. The fourth-order valence-electron chi connectivity index (χ4n) is 8.17. The van der Waals surface area contributed by atoms with Gasteiger partial charge in [0.25, 0.3) is 0 Å². The maximum Gasteiger partial charge on any atom is 1.00 e. The van der Waals surface area contributed by atoms with E-state index in [1.165, 1.54) is 12.8 Å². The predicted molar refractivity (Wildman–Crippen MR) is 104 cm³/mol. The van der Waals surface area contributed by atoms with Gasteiger partial charge >= 0.3 is 29.6 Å². The van der Waals surface area contributed by atoms with Crippen LogP contribution in [0.4, 0.5) is 0 Å². The molecule has 0 heterocycles. The van der Waals surface area contributed by atoms with Crippen molar-refractivity contribution >= 4 is 17.5 Å². The molecule has 29 heavy (non-hydrogen) atoms. The molecule has 0 N–H and O–H groups in total. The molecule has 0 radical (unpaired) electrons. The maximum absolute atomic E-state index is 13.6. The average Bonchev–Trinajstić information content (AvgIpc) is 3.00. The van der Waals surface area contributed by atoms with Crippen LogP contribution in [0, 0.1) is 46.3 Å². The molecule has 0 aromatic carbocycles. The monoisotopic (exact) mass is 410 g/mol. The Morgan fingerprint density at radius 1 is 1.10 bits per heavy atom. The zero-order valence-corrected chi connectivity index (χ0v) is 20.7. The van der Waals surface area contributed by atoms with E-state index in [2.05, 4.69) is 20.8 Å². The molecule has 0 aliphatic heterocycles. The van der Waals surface area contributed by atoms with Gasteiger partial charge in [-0.05, 0) is 73.5 Å². The molecule has 156 valence electrons. The molecule has 4 fully saturated rings. The zero-order chi connectivity index (χ0) is 20.3. The van der Waals surface area contributed by atoms with Crippen LogP contribution < -0.4 is 34.7 Å². The summed E-state index contributed by atoms with van der Waals surface area (Å²) in [6.45, 7) is 6.56. The molecule has 5 heteroatoms. The van der Waals surface area contributed by atoms with Crippen LogP contribution in [-0.2, 0) is 14.4 Å². The van der Waals surface area contributed by atoms with Crippen molar-refractivity contribution in [1.82, 2.24) is 0 Å². The van der Waals surface area contributed by atoms with E-state index in [-0.39, 0.29) is 71.0 Å². The average molecular weight is 411 g/mol. The summed E-state index contributed by atoms with van der Waals surface area (Å²) in [4.78, 5) is 37.8. The number of rotatable bonds is 4. The molecule has 0 amide bonds. The minimum absolute atomic E-state index is 0. The smallest absolute Gasteiger partial charge is 0.550 e. The van der Waals surface area contributed by atoms with Crippen LogP contribution in [0.15, 0.2) is 0 Å². The summed E-state index contributed by atoms with van der Waals surface area (Å²) in [6, 6.07) is 0. The Labute approximate surface area is 197 Å². The van der Waals surface area contributed by atoms with Crippen LogP contribution in [0.3, 0.4) is 0 Å². The SMILES string of the molecule is C[C@H](CCC(=O)[O-])[C@H]1CC[C@H]2[C@@H]3C(=O)CC4CCCC[C@]4(C)[C@H]3CC(=O)[C@]12C.[Na+]. The predicted octanol–water partition coefficient (Wildman–Crippen LogP) is 0.564. The summed E-state index contributed by atoms with van der Waals surface area (Å²) in [6.07, 6.45) is 8.51. The standard InChI is InChI=1S/C24H36O4.Na/c1-14(7-10-21(27)28)16-8-9-17-22-18(13-20(26)24(16,17)3)23(2)11-5-4-6-15(23)12-19(22)25;/h14-18,22H,4-13H2,1-3H3,(H,27,28);/q;+1/p-1/t14-,15?,16-,17+,18+,22+,23+,24-;/m1./s1. The first kappa shape index (κ1) is 23.5. The number of carboxylic acids is 1. The van der Waals surface area contributed by atoms with E-state index >= 15 is 0 Å². The number of fused-ring (bicyclic) bond motifs is 5. The van der Waals surface area contributed by atoms with Gasteiger partial charge in [0, 0.05) is 30.1 Å². The van der Waals surface area contributed by atoms with Gasteiger partial charge in [-0.2, -0.15) is 0 Å². The largest absolute Gasteiger partial charge is 1.00 e. The molecule has 0 spiro atoms. The van der Waals surface area contributed by atoms with Crippen molar-refractivity contribution in [2.24, 2.45) is 46.3 Å². The Kier molecular flexibility index (Phi) is 6.79. The van der Waals surface area contributed by atoms with Crippen molar-refractivity contribution in [3.63, 3.8) is 0 Å². The second-order valence-corrected chi connectivity index (χ2v) is 10.8. The first-order valence-corrected chi connectivity index (χ1v) is 11.5. The second-order valence-electron chi connectivity index (χ2n) is 10.8. The van der Waals surface area contributed by atoms with Crippen LogP contribution in [0.5, 0.6) is 0 Å². The van der Waals surface area contributed by atoms with Crippen molar-refractivity contribution in [3.8, 4) is 0 Å². The molecule has 4 rings (SSSR count). The summed E-state index contributed by atoms with van der Waals surface area (Å²) in [5, 5.41) is 10.9. The minimum atomic E-state index is -1.01. The summed E-state index contributed by atoms with van der Waals surface area (Å²) < 4.78 is 0. The van der Waals surface area contributed by atoms with Gasteiger partial charge in [0.15, 0.2) is 0 Å². The quantitative estimate of drug-likeness (QED) is 0.635. The molecule has 4 aliphatic rings. The molecular formula is C24H35NaO4. The Hall–Kier alpha value is -0.190. The number of hydrogen-bond acceptors (Lipinski definition) is 4. The van der Waals surface area contributed by atoms with Gasteiger partial charge in [0.2, 0.25) is 0 Å². The third kappa shape index (κ3) is 3.59. The van der Waals surface area contributed by atoms with Gasteiger partial charge in [0.05, 0.1) is 0 Å². The van der Waals surface area contributed by atoms with E-state index in [9.17, 15) is 19.5 Å². The van der Waals surface area contributed by atoms with E-state index < -0.39 is 11.4 Å². The number of carbonyl (C=O) groups is 3. The molecular weight excluding hydrogens is 375 g/mol. The topological polar surface area (TPSA) is 74.3 Å². The molecule has 0 aromatic heterocycles. The Bertz CT molecular complexity index is 690. The molecule has 0 saturated heterocycles. The summed E-state index contributed by atoms with van der Waals surface area (Å²) >= 11 is 0. The number of carboxylic acid groups (broad SMARTS) is 1. The van der Waals surface area contributed by atoms with E-state index in [0.717, 1.165) is 25.7 Å². The van der Waals surface area contributed by atoms with Crippen molar-refractivity contribution in [2.75, 3.05) is 0 Å². The number of Topliss-reactive ketones (excluding diaryl/α,β-unsaturated/α-hetero) is 2.